The first kappa shape index (κ1) is 15.7. The van der Waals surface area contributed by atoms with Crippen molar-refractivity contribution in [1.82, 2.24) is 15.0 Å². The number of ether oxygens (including phenoxy) is 2. The quantitative estimate of drug-likeness (QED) is 0.764. The third-order valence-electron chi connectivity index (χ3n) is 4.35. The Balaban J connectivity index is 1.48. The molecule has 4 rings (SSSR count). The molecule has 1 N–H and O–H groups in total. The molecule has 0 amide bonds. The minimum atomic E-state index is 0.335. The Kier molecular flexibility index (Phi) is 4.13. The summed E-state index contributed by atoms with van der Waals surface area (Å²) in [6, 6.07) is 6.00. The van der Waals surface area contributed by atoms with Crippen LogP contribution in [-0.4, -0.2) is 35.2 Å². The molecule has 0 aliphatic carbocycles. The zero-order valence-electron chi connectivity index (χ0n) is 14.3. The molecule has 7 heteroatoms. The highest BCUT2D eigenvalue weighted by Crippen LogP contribution is 2.36. The first-order chi connectivity index (χ1) is 12.3. The summed E-state index contributed by atoms with van der Waals surface area (Å²) in [5, 5.41) is 3.37. The van der Waals surface area contributed by atoms with Crippen molar-refractivity contribution in [3.63, 3.8) is 0 Å². The Hall–Kier alpha value is -2.83. The molecule has 3 heterocycles. The third-order valence-corrected chi connectivity index (χ3v) is 4.35. The molecule has 1 atom stereocenters. The fraction of sp³-hybridized carbons (Fsp3) is 0.389. The maximum absolute atomic E-state index is 5.92. The number of oxazole rings is 1. The number of aryl methyl sites for hydroxylation is 1. The second-order valence-corrected chi connectivity index (χ2v) is 6.05. The lowest BCUT2D eigenvalue weighted by Gasteiger charge is -2.26. The Bertz CT molecular complexity index is 893. The van der Waals surface area contributed by atoms with Gasteiger partial charge >= 0.3 is 0 Å². The van der Waals surface area contributed by atoms with Gasteiger partial charge in [0.2, 0.25) is 0 Å². The van der Waals surface area contributed by atoms with Crippen molar-refractivity contribution in [3.05, 3.63) is 36.0 Å². The van der Waals surface area contributed by atoms with Gasteiger partial charge in [-0.25, -0.2) is 9.97 Å². The smallest absolute Gasteiger partial charge is 0.252 e. The molecule has 0 unspecified atom stereocenters. The molecule has 1 aliphatic rings. The zero-order valence-corrected chi connectivity index (χ0v) is 14.3. The number of anilines is 1. The van der Waals surface area contributed by atoms with E-state index in [1.807, 2.05) is 19.1 Å². The summed E-state index contributed by atoms with van der Waals surface area (Å²) in [7, 11) is 1.66. The Morgan fingerprint density at radius 2 is 2.24 bits per heavy atom. The van der Waals surface area contributed by atoms with Crippen molar-refractivity contribution in [2.75, 3.05) is 25.6 Å². The van der Waals surface area contributed by atoms with Gasteiger partial charge in [0.1, 0.15) is 6.33 Å². The summed E-state index contributed by atoms with van der Waals surface area (Å²) in [5.74, 6) is 3.35. The highest BCUT2D eigenvalue weighted by atomic mass is 16.5. The molecule has 3 aromatic rings. The van der Waals surface area contributed by atoms with Crippen molar-refractivity contribution in [1.29, 1.82) is 0 Å². The molecular formula is C18H20N4O3. The van der Waals surface area contributed by atoms with Crippen LogP contribution in [0.15, 0.2) is 28.9 Å². The molecule has 0 saturated carbocycles. The summed E-state index contributed by atoms with van der Waals surface area (Å²) < 4.78 is 16.9. The van der Waals surface area contributed by atoms with Crippen LogP contribution in [0.5, 0.6) is 11.5 Å². The molecule has 0 saturated heterocycles. The van der Waals surface area contributed by atoms with E-state index >= 15 is 0 Å². The predicted octanol–water partition coefficient (Wildman–Crippen LogP) is 2.85. The van der Waals surface area contributed by atoms with E-state index in [9.17, 15) is 0 Å². The van der Waals surface area contributed by atoms with E-state index < -0.39 is 0 Å². The predicted molar refractivity (Wildman–Crippen MR) is 93.1 cm³/mol. The van der Waals surface area contributed by atoms with Gasteiger partial charge in [0.25, 0.3) is 5.71 Å². The van der Waals surface area contributed by atoms with Crippen LogP contribution in [0.4, 0.5) is 5.82 Å². The lowest BCUT2D eigenvalue weighted by Crippen LogP contribution is -2.27. The van der Waals surface area contributed by atoms with Crippen LogP contribution in [0.2, 0.25) is 0 Å². The summed E-state index contributed by atoms with van der Waals surface area (Å²) in [6.45, 7) is 3.36. The van der Waals surface area contributed by atoms with Gasteiger partial charge in [-0.05, 0) is 18.1 Å². The molecule has 0 bridgehead atoms. The number of hydrogen-bond acceptors (Lipinski definition) is 7. The number of methoxy groups -OCH3 is 1. The Labute approximate surface area is 145 Å². The number of benzene rings is 1. The maximum atomic E-state index is 5.92. The first-order valence-electron chi connectivity index (χ1n) is 8.41. The number of fused-ring (bicyclic) bond motifs is 2. The van der Waals surface area contributed by atoms with Crippen molar-refractivity contribution in [2.24, 2.45) is 5.92 Å². The second kappa shape index (κ2) is 6.58. The fourth-order valence-corrected chi connectivity index (χ4v) is 3.07. The van der Waals surface area contributed by atoms with E-state index in [2.05, 4.69) is 26.3 Å². The van der Waals surface area contributed by atoms with Crippen LogP contribution >= 0.6 is 0 Å². The Morgan fingerprint density at radius 3 is 3.08 bits per heavy atom. The minimum absolute atomic E-state index is 0.335. The average Bonchev–Trinajstić information content (AvgIpc) is 3.09. The summed E-state index contributed by atoms with van der Waals surface area (Å²) in [6.07, 6.45) is 3.14. The van der Waals surface area contributed by atoms with Gasteiger partial charge in [-0.1, -0.05) is 19.1 Å². The van der Waals surface area contributed by atoms with Crippen LogP contribution < -0.4 is 14.8 Å². The van der Waals surface area contributed by atoms with Crippen LogP contribution in [0.1, 0.15) is 18.4 Å². The van der Waals surface area contributed by atoms with Crippen LogP contribution in [0, 0.1) is 5.92 Å². The van der Waals surface area contributed by atoms with E-state index in [0.717, 1.165) is 30.9 Å². The molecule has 1 aliphatic heterocycles. The molecule has 2 aromatic heterocycles. The molecule has 0 spiro atoms. The number of nitrogens with one attached hydrogen (secondary N) is 1. The summed E-state index contributed by atoms with van der Waals surface area (Å²) in [4.78, 5) is 12.9. The number of rotatable bonds is 5. The van der Waals surface area contributed by atoms with Gasteiger partial charge in [-0.3, -0.25) is 0 Å². The maximum Gasteiger partial charge on any atom is 0.252 e. The zero-order chi connectivity index (χ0) is 17.2. The van der Waals surface area contributed by atoms with Crippen LogP contribution in [0.3, 0.4) is 0 Å². The number of aromatic nitrogens is 3. The largest absolute Gasteiger partial charge is 0.493 e. The first-order valence-corrected chi connectivity index (χ1v) is 8.41. The molecule has 0 radical (unpaired) electrons. The van der Waals surface area contributed by atoms with Crippen LogP contribution in [0.25, 0.3) is 11.2 Å². The third kappa shape index (κ3) is 2.97. The fourth-order valence-electron chi connectivity index (χ4n) is 3.07. The van der Waals surface area contributed by atoms with Crippen molar-refractivity contribution >= 4 is 17.0 Å². The molecule has 130 valence electrons. The molecule has 25 heavy (non-hydrogen) atoms. The van der Waals surface area contributed by atoms with E-state index in [1.165, 1.54) is 11.9 Å². The number of nitrogens with zero attached hydrogens (tertiary/aromatic N) is 3. The highest BCUT2D eigenvalue weighted by Gasteiger charge is 2.23. The molecule has 0 fully saturated rings. The van der Waals surface area contributed by atoms with Crippen molar-refractivity contribution < 1.29 is 13.9 Å². The van der Waals surface area contributed by atoms with E-state index in [0.29, 0.717) is 35.5 Å². The van der Waals surface area contributed by atoms with E-state index in [1.54, 1.807) is 7.11 Å². The van der Waals surface area contributed by atoms with Crippen LogP contribution in [-0.2, 0) is 12.8 Å². The standard InChI is InChI=1S/C18H20N4O3/c1-3-14-22-15-17(20-10-21-18(15)25-14)19-8-11-7-12-5-4-6-13(23-2)16(12)24-9-11/h4-6,10-11H,3,7-9H2,1-2H3,(H,19,20,21)/t11-/m0/s1. The normalized spacial score (nSPS) is 16.3. The van der Waals surface area contributed by atoms with Gasteiger partial charge in [0.15, 0.2) is 28.7 Å². The van der Waals surface area contributed by atoms with Gasteiger partial charge in [0, 0.05) is 18.9 Å². The van der Waals surface area contributed by atoms with Gasteiger partial charge in [-0.15, -0.1) is 0 Å². The van der Waals surface area contributed by atoms with Gasteiger partial charge < -0.3 is 19.2 Å². The Morgan fingerprint density at radius 1 is 1.32 bits per heavy atom. The van der Waals surface area contributed by atoms with Gasteiger partial charge in [0.05, 0.1) is 13.7 Å². The summed E-state index contributed by atoms with van der Waals surface area (Å²) in [5.41, 5.74) is 2.36. The van der Waals surface area contributed by atoms with Crippen molar-refractivity contribution in [3.8, 4) is 11.5 Å². The van der Waals surface area contributed by atoms with E-state index in [4.69, 9.17) is 13.9 Å². The van der Waals surface area contributed by atoms with Gasteiger partial charge in [-0.2, -0.15) is 4.98 Å². The summed E-state index contributed by atoms with van der Waals surface area (Å²) >= 11 is 0. The second-order valence-electron chi connectivity index (χ2n) is 6.05. The monoisotopic (exact) mass is 340 g/mol. The van der Waals surface area contributed by atoms with Crippen molar-refractivity contribution in [2.45, 2.75) is 19.8 Å². The lowest BCUT2D eigenvalue weighted by molar-refractivity contribution is 0.218. The molecular weight excluding hydrogens is 320 g/mol. The SMILES string of the molecule is CCc1nc2c(NC[C@H]3COc4c(cccc4OC)C3)ncnc2o1. The molecule has 7 nitrogen and oxygen atoms in total. The van der Waals surface area contributed by atoms with E-state index in [-0.39, 0.29) is 0 Å². The number of hydrogen-bond donors (Lipinski definition) is 1. The molecule has 1 aromatic carbocycles. The highest BCUT2D eigenvalue weighted by molar-refractivity contribution is 5.80. The lowest BCUT2D eigenvalue weighted by atomic mass is 9.96. The topological polar surface area (TPSA) is 82.3 Å². The average molecular weight is 340 g/mol. The minimum Gasteiger partial charge on any atom is -0.493 e. The number of para-hydroxylation sites is 1.